The lowest BCUT2D eigenvalue weighted by atomic mass is 10.1. The molecule has 150 valence electrons. The van der Waals surface area contributed by atoms with Gasteiger partial charge in [-0.2, -0.15) is 5.10 Å². The third-order valence-electron chi connectivity index (χ3n) is 5.93. The number of amides is 2. The first-order valence-electron chi connectivity index (χ1n) is 9.74. The highest BCUT2D eigenvalue weighted by Crippen LogP contribution is 2.19. The Morgan fingerprint density at radius 1 is 1.04 bits per heavy atom. The normalized spacial score (nSPS) is 21.5. The van der Waals surface area contributed by atoms with E-state index in [4.69, 9.17) is 0 Å². The molecule has 2 fully saturated rings. The molecule has 4 heterocycles. The van der Waals surface area contributed by atoms with Gasteiger partial charge in [0, 0.05) is 70.0 Å². The lowest BCUT2D eigenvalue weighted by molar-refractivity contribution is -0.135. The molecule has 0 saturated carbocycles. The van der Waals surface area contributed by atoms with Crippen LogP contribution in [0.4, 0.5) is 0 Å². The first-order chi connectivity index (χ1) is 12.6. The number of hydrogen-bond acceptors (Lipinski definition) is 5. The summed E-state index contributed by atoms with van der Waals surface area (Å²) in [6.07, 6.45) is 3.12. The molecule has 0 aliphatic carbocycles. The van der Waals surface area contributed by atoms with Gasteiger partial charge in [0.1, 0.15) is 0 Å². The van der Waals surface area contributed by atoms with Gasteiger partial charge in [-0.25, -0.2) is 0 Å². The molecule has 1 aromatic rings. The van der Waals surface area contributed by atoms with E-state index in [1.165, 1.54) is 0 Å². The van der Waals surface area contributed by atoms with Gasteiger partial charge in [0.15, 0.2) is 5.69 Å². The number of likely N-dealkylation sites (tertiary alicyclic amines) is 1. The minimum absolute atomic E-state index is 0. The van der Waals surface area contributed by atoms with Crippen molar-refractivity contribution in [2.45, 2.75) is 38.8 Å². The number of hydrogen-bond donors (Lipinski definition) is 2. The minimum Gasteiger partial charge on any atom is -0.341 e. The molecule has 3 aliphatic rings. The van der Waals surface area contributed by atoms with Crippen LogP contribution in [-0.4, -0.2) is 88.6 Å². The van der Waals surface area contributed by atoms with Gasteiger partial charge in [-0.15, -0.1) is 12.4 Å². The van der Waals surface area contributed by atoms with E-state index in [-0.39, 0.29) is 30.3 Å². The smallest absolute Gasteiger partial charge is 0.274 e. The van der Waals surface area contributed by atoms with Crippen LogP contribution in [0.5, 0.6) is 0 Å². The van der Waals surface area contributed by atoms with Crippen molar-refractivity contribution in [2.75, 3.05) is 45.8 Å². The van der Waals surface area contributed by atoms with Crippen LogP contribution in [-0.2, 0) is 17.8 Å². The van der Waals surface area contributed by atoms with Crippen molar-refractivity contribution in [1.29, 1.82) is 0 Å². The molecule has 3 aliphatic heterocycles. The Kier molecular flexibility index (Phi) is 6.39. The second-order valence-corrected chi connectivity index (χ2v) is 7.49. The van der Waals surface area contributed by atoms with Crippen molar-refractivity contribution in [2.24, 2.45) is 0 Å². The number of rotatable bonds is 3. The second-order valence-electron chi connectivity index (χ2n) is 7.49. The van der Waals surface area contributed by atoms with Gasteiger partial charge < -0.3 is 15.1 Å². The fourth-order valence-corrected chi connectivity index (χ4v) is 4.22. The number of fused-ring (bicyclic) bond motifs is 1. The molecule has 1 atom stereocenters. The summed E-state index contributed by atoms with van der Waals surface area (Å²) in [6.45, 7) is 8.15. The Labute approximate surface area is 166 Å². The lowest BCUT2D eigenvalue weighted by Gasteiger charge is -2.38. The van der Waals surface area contributed by atoms with E-state index in [9.17, 15) is 9.59 Å². The Morgan fingerprint density at radius 3 is 2.44 bits per heavy atom. The summed E-state index contributed by atoms with van der Waals surface area (Å²) in [6, 6.07) is -0.104. The van der Waals surface area contributed by atoms with Crippen LogP contribution in [0.25, 0.3) is 0 Å². The summed E-state index contributed by atoms with van der Waals surface area (Å²) in [4.78, 5) is 31.5. The number of H-pyrrole nitrogens is 1. The number of halogens is 1. The van der Waals surface area contributed by atoms with Crippen molar-refractivity contribution in [3.63, 3.8) is 0 Å². The Balaban J connectivity index is 0.00000210. The first-order valence-corrected chi connectivity index (χ1v) is 9.74. The average Bonchev–Trinajstić information content (AvgIpc) is 3.36. The van der Waals surface area contributed by atoms with Crippen molar-refractivity contribution in [3.8, 4) is 0 Å². The molecule has 1 aromatic heterocycles. The van der Waals surface area contributed by atoms with Crippen LogP contribution in [0, 0.1) is 0 Å². The predicted molar refractivity (Wildman–Crippen MR) is 104 cm³/mol. The summed E-state index contributed by atoms with van der Waals surface area (Å²) >= 11 is 0. The molecule has 2 amide bonds. The van der Waals surface area contributed by atoms with E-state index in [1.54, 1.807) is 0 Å². The number of aromatic nitrogens is 2. The maximum absolute atomic E-state index is 12.9. The lowest BCUT2D eigenvalue weighted by Crippen LogP contribution is -2.55. The van der Waals surface area contributed by atoms with Gasteiger partial charge in [-0.1, -0.05) is 0 Å². The molecule has 0 bridgehead atoms. The van der Waals surface area contributed by atoms with Crippen LogP contribution < -0.4 is 5.32 Å². The van der Waals surface area contributed by atoms with Crippen LogP contribution in [0.2, 0.25) is 0 Å². The van der Waals surface area contributed by atoms with Crippen LogP contribution in [0.3, 0.4) is 0 Å². The number of carbonyl (C=O) groups is 2. The number of piperazine rings is 1. The summed E-state index contributed by atoms with van der Waals surface area (Å²) in [5, 5.41) is 10.6. The average molecular weight is 397 g/mol. The highest BCUT2D eigenvalue weighted by molar-refractivity contribution is 5.94. The summed E-state index contributed by atoms with van der Waals surface area (Å²) in [5.41, 5.74) is 2.65. The van der Waals surface area contributed by atoms with Crippen LogP contribution in [0.15, 0.2) is 0 Å². The monoisotopic (exact) mass is 396 g/mol. The maximum atomic E-state index is 12.9. The van der Waals surface area contributed by atoms with Crippen molar-refractivity contribution in [3.05, 3.63) is 17.0 Å². The Hall–Kier alpha value is -1.64. The molecule has 2 saturated heterocycles. The zero-order chi connectivity index (χ0) is 18.1. The van der Waals surface area contributed by atoms with E-state index >= 15 is 0 Å². The molecule has 4 rings (SSSR count). The molecule has 2 N–H and O–H groups in total. The number of aromatic amines is 1. The highest BCUT2D eigenvalue weighted by atomic mass is 35.5. The SMILES string of the molecule is CC(C(=O)N1CCCC1)N1CCN(C(=O)c2n[nH]c3c2CNCC3)CC1.Cl. The van der Waals surface area contributed by atoms with E-state index in [2.05, 4.69) is 20.4 Å². The molecule has 27 heavy (non-hydrogen) atoms. The third-order valence-corrected chi connectivity index (χ3v) is 5.93. The molecule has 0 spiro atoms. The number of nitrogens with one attached hydrogen (secondary N) is 2. The van der Waals surface area contributed by atoms with Gasteiger partial charge >= 0.3 is 0 Å². The molecule has 0 radical (unpaired) electrons. The largest absolute Gasteiger partial charge is 0.341 e. The molecule has 9 heteroatoms. The summed E-state index contributed by atoms with van der Waals surface area (Å²) in [5.74, 6) is 0.235. The third kappa shape index (κ3) is 3.97. The van der Waals surface area contributed by atoms with E-state index in [1.807, 2.05) is 16.7 Å². The standard InChI is InChI=1S/C18H28N6O2.ClH/c1-13(17(25)23-6-2-3-7-23)22-8-10-24(11-9-22)18(26)16-14-12-19-5-4-15(14)20-21-16;/h13,19H,2-12H2,1H3,(H,20,21);1H. The van der Waals surface area contributed by atoms with E-state index in [0.29, 0.717) is 25.3 Å². The summed E-state index contributed by atoms with van der Waals surface area (Å²) in [7, 11) is 0. The first kappa shape index (κ1) is 20.1. The quantitative estimate of drug-likeness (QED) is 0.764. The van der Waals surface area contributed by atoms with Gasteiger partial charge in [0.05, 0.1) is 6.04 Å². The topological polar surface area (TPSA) is 84.6 Å². The van der Waals surface area contributed by atoms with Crippen molar-refractivity contribution in [1.82, 2.24) is 30.2 Å². The fourth-order valence-electron chi connectivity index (χ4n) is 4.22. The van der Waals surface area contributed by atoms with Gasteiger partial charge in [-0.3, -0.25) is 19.6 Å². The van der Waals surface area contributed by atoms with Crippen LogP contribution >= 0.6 is 12.4 Å². The Bertz CT molecular complexity index is 679. The fraction of sp³-hybridized carbons (Fsp3) is 0.722. The Morgan fingerprint density at radius 2 is 1.74 bits per heavy atom. The second kappa shape index (κ2) is 8.58. The molecule has 8 nitrogen and oxygen atoms in total. The van der Waals surface area contributed by atoms with Crippen molar-refractivity contribution >= 4 is 24.2 Å². The maximum Gasteiger partial charge on any atom is 0.274 e. The minimum atomic E-state index is -0.104. The zero-order valence-electron chi connectivity index (χ0n) is 15.9. The molecule has 0 aromatic carbocycles. The van der Waals surface area contributed by atoms with Gasteiger partial charge in [0.25, 0.3) is 5.91 Å². The van der Waals surface area contributed by atoms with Gasteiger partial charge in [0.2, 0.25) is 5.91 Å². The van der Waals surface area contributed by atoms with E-state index < -0.39 is 0 Å². The molecular formula is C18H29ClN6O2. The van der Waals surface area contributed by atoms with Crippen molar-refractivity contribution < 1.29 is 9.59 Å². The number of carbonyl (C=O) groups excluding carboxylic acids is 2. The van der Waals surface area contributed by atoms with E-state index in [0.717, 1.165) is 63.2 Å². The van der Waals surface area contributed by atoms with Gasteiger partial charge in [-0.05, 0) is 19.8 Å². The predicted octanol–water partition coefficient (Wildman–Crippen LogP) is 0.246. The summed E-state index contributed by atoms with van der Waals surface area (Å²) < 4.78 is 0. The molecular weight excluding hydrogens is 368 g/mol. The zero-order valence-corrected chi connectivity index (χ0v) is 16.7. The molecule has 1 unspecified atom stereocenters. The number of nitrogens with zero attached hydrogens (tertiary/aromatic N) is 4. The highest BCUT2D eigenvalue weighted by Gasteiger charge is 2.32. The van der Waals surface area contributed by atoms with Crippen LogP contribution in [0.1, 0.15) is 41.5 Å².